The maximum absolute atomic E-state index is 11.1. The quantitative estimate of drug-likeness (QED) is 0.566. The molecule has 0 aromatic rings. The van der Waals surface area contributed by atoms with Crippen LogP contribution < -0.4 is 16.0 Å². The topological polar surface area (TPSA) is 53.2 Å². The van der Waals surface area contributed by atoms with Gasteiger partial charge in [-0.05, 0) is 37.8 Å². The van der Waals surface area contributed by atoms with Crippen LogP contribution in [0.1, 0.15) is 6.92 Å². The number of rotatable bonds is 3. The van der Waals surface area contributed by atoms with Crippen molar-refractivity contribution in [2.75, 3.05) is 26.2 Å². The third kappa shape index (κ3) is 1.77. The van der Waals surface area contributed by atoms with Crippen LogP contribution in [0, 0.1) is 17.8 Å². The molecular weight excluding hydrogens is 166 g/mol. The summed E-state index contributed by atoms with van der Waals surface area (Å²) in [5, 5.41) is 8.96. The third-order valence-electron chi connectivity index (χ3n) is 3.10. The summed E-state index contributed by atoms with van der Waals surface area (Å²) in [5.41, 5.74) is 0. The lowest BCUT2D eigenvalue weighted by molar-refractivity contribution is 0.240. The zero-order valence-corrected chi connectivity index (χ0v) is 7.97. The molecule has 4 heteroatoms. The van der Waals surface area contributed by atoms with Crippen LogP contribution in [-0.2, 0) is 0 Å². The molecule has 0 spiro atoms. The fourth-order valence-electron chi connectivity index (χ4n) is 2.28. The van der Waals surface area contributed by atoms with E-state index in [1.54, 1.807) is 0 Å². The zero-order chi connectivity index (χ0) is 9.26. The maximum Gasteiger partial charge on any atom is 0.314 e. The number of fused-ring (bicyclic) bond motifs is 1. The smallest absolute Gasteiger partial charge is 0.314 e. The molecule has 0 bridgehead atoms. The summed E-state index contributed by atoms with van der Waals surface area (Å²) >= 11 is 0. The van der Waals surface area contributed by atoms with Crippen LogP contribution >= 0.6 is 0 Å². The molecule has 2 rings (SSSR count). The van der Waals surface area contributed by atoms with E-state index in [2.05, 4.69) is 16.0 Å². The van der Waals surface area contributed by atoms with Crippen molar-refractivity contribution in [3.05, 3.63) is 0 Å². The standard InChI is InChI=1S/C9H17N3O/c1-2-11-9(13)12-5-8-6-3-10-4-7(6)8/h6-8,10H,2-5H2,1H3,(H2,11,12,13). The molecule has 1 aliphatic heterocycles. The van der Waals surface area contributed by atoms with E-state index in [4.69, 9.17) is 0 Å². The molecule has 2 unspecified atom stereocenters. The van der Waals surface area contributed by atoms with E-state index in [0.717, 1.165) is 37.4 Å². The fraction of sp³-hybridized carbons (Fsp3) is 0.889. The Morgan fingerprint density at radius 3 is 2.69 bits per heavy atom. The summed E-state index contributed by atoms with van der Waals surface area (Å²) in [6.07, 6.45) is 0. The van der Waals surface area contributed by atoms with Crippen LogP contribution in [-0.4, -0.2) is 32.2 Å². The molecule has 4 nitrogen and oxygen atoms in total. The van der Waals surface area contributed by atoms with Gasteiger partial charge in [-0.3, -0.25) is 0 Å². The molecule has 1 saturated heterocycles. The second-order valence-electron chi connectivity index (χ2n) is 3.89. The minimum atomic E-state index is -0.0274. The van der Waals surface area contributed by atoms with Crippen molar-refractivity contribution >= 4 is 6.03 Å². The Labute approximate surface area is 78.5 Å². The maximum atomic E-state index is 11.1. The first-order valence-corrected chi connectivity index (χ1v) is 5.05. The van der Waals surface area contributed by atoms with Gasteiger partial charge in [-0.1, -0.05) is 0 Å². The SMILES string of the molecule is CCNC(=O)NCC1C2CNCC21. The molecule has 0 radical (unpaired) electrons. The number of urea groups is 1. The van der Waals surface area contributed by atoms with E-state index in [1.807, 2.05) is 6.92 Å². The van der Waals surface area contributed by atoms with E-state index in [9.17, 15) is 4.79 Å². The molecule has 2 fully saturated rings. The Morgan fingerprint density at radius 1 is 1.38 bits per heavy atom. The van der Waals surface area contributed by atoms with E-state index in [1.165, 1.54) is 0 Å². The number of nitrogens with one attached hydrogen (secondary N) is 3. The van der Waals surface area contributed by atoms with Gasteiger partial charge in [0.2, 0.25) is 0 Å². The predicted molar refractivity (Wildman–Crippen MR) is 50.4 cm³/mol. The van der Waals surface area contributed by atoms with Gasteiger partial charge in [0, 0.05) is 13.1 Å². The Hall–Kier alpha value is -0.770. The molecule has 74 valence electrons. The van der Waals surface area contributed by atoms with Gasteiger partial charge in [0.25, 0.3) is 0 Å². The van der Waals surface area contributed by atoms with E-state index >= 15 is 0 Å². The number of piperidine rings is 1. The predicted octanol–water partition coefficient (Wildman–Crippen LogP) is -0.229. The first-order valence-electron chi connectivity index (χ1n) is 5.05. The van der Waals surface area contributed by atoms with Crippen molar-refractivity contribution in [2.45, 2.75) is 6.92 Å². The lowest BCUT2D eigenvalue weighted by Gasteiger charge is -2.07. The van der Waals surface area contributed by atoms with Crippen LogP contribution in [0.15, 0.2) is 0 Å². The lowest BCUT2D eigenvalue weighted by Crippen LogP contribution is -2.37. The highest BCUT2D eigenvalue weighted by Crippen LogP contribution is 2.47. The molecule has 2 aliphatic rings. The van der Waals surface area contributed by atoms with Crippen LogP contribution in [0.4, 0.5) is 4.79 Å². The molecule has 2 amide bonds. The number of amides is 2. The average molecular weight is 183 g/mol. The summed E-state index contributed by atoms with van der Waals surface area (Å²) in [5.74, 6) is 2.41. The molecule has 1 saturated carbocycles. The highest BCUT2D eigenvalue weighted by atomic mass is 16.2. The number of hydrogen-bond donors (Lipinski definition) is 3. The van der Waals surface area contributed by atoms with Crippen molar-refractivity contribution < 1.29 is 4.79 Å². The molecule has 3 N–H and O–H groups in total. The van der Waals surface area contributed by atoms with E-state index in [-0.39, 0.29) is 6.03 Å². The Bertz CT molecular complexity index is 197. The third-order valence-corrected chi connectivity index (χ3v) is 3.10. The highest BCUT2D eigenvalue weighted by Gasteiger charge is 2.52. The lowest BCUT2D eigenvalue weighted by atomic mass is 10.3. The van der Waals surface area contributed by atoms with Gasteiger partial charge in [-0.2, -0.15) is 0 Å². The second kappa shape index (κ2) is 3.54. The summed E-state index contributed by atoms with van der Waals surface area (Å²) in [7, 11) is 0. The van der Waals surface area contributed by atoms with Crippen molar-refractivity contribution in [2.24, 2.45) is 17.8 Å². The molecule has 0 aromatic carbocycles. The average Bonchev–Trinajstić information content (AvgIpc) is 2.58. The van der Waals surface area contributed by atoms with Gasteiger partial charge < -0.3 is 16.0 Å². The van der Waals surface area contributed by atoms with Crippen LogP contribution in [0.2, 0.25) is 0 Å². The monoisotopic (exact) mass is 183 g/mol. The largest absolute Gasteiger partial charge is 0.338 e. The van der Waals surface area contributed by atoms with Gasteiger partial charge in [0.05, 0.1) is 0 Å². The van der Waals surface area contributed by atoms with Gasteiger partial charge in [-0.15, -0.1) is 0 Å². The van der Waals surface area contributed by atoms with Crippen LogP contribution in [0.5, 0.6) is 0 Å². The Morgan fingerprint density at radius 2 is 2.08 bits per heavy atom. The second-order valence-corrected chi connectivity index (χ2v) is 3.89. The highest BCUT2D eigenvalue weighted by molar-refractivity contribution is 5.73. The summed E-state index contributed by atoms with van der Waals surface area (Å²) in [6, 6.07) is -0.0274. The Balaban J connectivity index is 1.62. The van der Waals surface area contributed by atoms with Crippen molar-refractivity contribution in [1.29, 1.82) is 0 Å². The number of hydrogen-bond acceptors (Lipinski definition) is 2. The van der Waals surface area contributed by atoms with Crippen molar-refractivity contribution in [3.63, 3.8) is 0 Å². The fourth-order valence-corrected chi connectivity index (χ4v) is 2.28. The molecular formula is C9H17N3O. The first kappa shape index (κ1) is 8.81. The number of carbonyl (C=O) groups is 1. The molecule has 1 aliphatic carbocycles. The zero-order valence-electron chi connectivity index (χ0n) is 7.97. The van der Waals surface area contributed by atoms with Crippen molar-refractivity contribution in [1.82, 2.24) is 16.0 Å². The van der Waals surface area contributed by atoms with E-state index < -0.39 is 0 Å². The first-order chi connectivity index (χ1) is 6.33. The summed E-state index contributed by atoms with van der Waals surface area (Å²) in [4.78, 5) is 11.1. The van der Waals surface area contributed by atoms with Crippen LogP contribution in [0.25, 0.3) is 0 Å². The van der Waals surface area contributed by atoms with Gasteiger partial charge >= 0.3 is 6.03 Å². The summed E-state index contributed by atoms with van der Waals surface area (Å²) < 4.78 is 0. The molecule has 0 aromatic heterocycles. The molecule has 1 heterocycles. The van der Waals surface area contributed by atoms with Crippen LogP contribution in [0.3, 0.4) is 0 Å². The van der Waals surface area contributed by atoms with E-state index in [0.29, 0.717) is 6.54 Å². The van der Waals surface area contributed by atoms with Crippen molar-refractivity contribution in [3.8, 4) is 0 Å². The van der Waals surface area contributed by atoms with Gasteiger partial charge in [0.1, 0.15) is 0 Å². The van der Waals surface area contributed by atoms with Gasteiger partial charge in [0.15, 0.2) is 0 Å². The molecule has 13 heavy (non-hydrogen) atoms. The molecule has 2 atom stereocenters. The Kier molecular flexibility index (Phi) is 2.40. The minimum absolute atomic E-state index is 0.0274. The van der Waals surface area contributed by atoms with Gasteiger partial charge in [-0.25, -0.2) is 4.79 Å². The summed E-state index contributed by atoms with van der Waals surface area (Å²) in [6.45, 7) is 5.77. The normalized spacial score (nSPS) is 35.3. The minimum Gasteiger partial charge on any atom is -0.338 e. The number of carbonyl (C=O) groups excluding carboxylic acids is 1.